The number of hydrogen-bond acceptors (Lipinski definition) is 5. The first-order valence-corrected chi connectivity index (χ1v) is 13.7. The number of carbonyl (C=O) groups excluding carboxylic acids is 1. The molecule has 0 unspecified atom stereocenters. The third-order valence-electron chi connectivity index (χ3n) is 6.40. The van der Waals surface area contributed by atoms with Gasteiger partial charge in [-0.3, -0.25) is 14.2 Å². The first kappa shape index (κ1) is 24.3. The van der Waals surface area contributed by atoms with Crippen LogP contribution in [-0.2, 0) is 11.2 Å². The number of amides is 1. The second kappa shape index (κ2) is 10.2. The van der Waals surface area contributed by atoms with Gasteiger partial charge < -0.3 is 4.90 Å². The molecule has 0 bridgehead atoms. The van der Waals surface area contributed by atoms with Crippen molar-refractivity contribution in [1.82, 2.24) is 14.5 Å². The largest absolute Gasteiger partial charge is 0.337 e. The Balaban J connectivity index is 1.75. The molecule has 3 aromatic rings. The number of rotatable bonds is 6. The molecule has 1 aliphatic rings. The Labute approximate surface area is 208 Å². The van der Waals surface area contributed by atoms with Gasteiger partial charge in [0, 0.05) is 22.0 Å². The lowest BCUT2D eigenvalue weighted by atomic mass is 9.98. The molecule has 0 saturated carbocycles. The molecule has 4 rings (SSSR count). The van der Waals surface area contributed by atoms with E-state index in [0.29, 0.717) is 21.3 Å². The van der Waals surface area contributed by atoms with Crippen molar-refractivity contribution in [3.8, 4) is 5.69 Å². The summed E-state index contributed by atoms with van der Waals surface area (Å²) in [5.41, 5.74) is 1.63. The van der Waals surface area contributed by atoms with Crippen molar-refractivity contribution in [3.63, 3.8) is 0 Å². The Morgan fingerprint density at radius 3 is 2.52 bits per heavy atom. The summed E-state index contributed by atoms with van der Waals surface area (Å²) in [6.45, 7) is 8.39. The zero-order chi connectivity index (χ0) is 23.7. The summed E-state index contributed by atoms with van der Waals surface area (Å²) in [5.74, 6) is 0.359. The Morgan fingerprint density at radius 1 is 1.21 bits per heavy atom. The number of piperidine rings is 1. The van der Waals surface area contributed by atoms with E-state index in [1.165, 1.54) is 16.6 Å². The molecule has 0 radical (unpaired) electrons. The van der Waals surface area contributed by atoms with E-state index in [-0.39, 0.29) is 29.3 Å². The Morgan fingerprint density at radius 2 is 1.88 bits per heavy atom. The Kier molecular flexibility index (Phi) is 7.51. The van der Waals surface area contributed by atoms with Gasteiger partial charge in [-0.15, -0.1) is 11.3 Å². The van der Waals surface area contributed by atoms with Crippen molar-refractivity contribution in [3.05, 3.63) is 50.1 Å². The van der Waals surface area contributed by atoms with Gasteiger partial charge in [0.2, 0.25) is 5.91 Å². The molecule has 1 amide bonds. The van der Waals surface area contributed by atoms with E-state index < -0.39 is 0 Å². The maximum atomic E-state index is 13.7. The molecule has 1 aliphatic heterocycles. The van der Waals surface area contributed by atoms with Gasteiger partial charge in [0.15, 0.2) is 5.16 Å². The number of thioether (sulfide) groups is 1. The molecule has 3 heterocycles. The summed E-state index contributed by atoms with van der Waals surface area (Å²) in [6.07, 6.45) is 5.18. The van der Waals surface area contributed by atoms with Crippen molar-refractivity contribution in [2.75, 3.05) is 5.75 Å². The average Bonchev–Trinajstić information content (AvgIpc) is 3.09. The second-order valence-corrected chi connectivity index (χ2v) is 11.3. The molecular formula is C25H30ClN3O2S2. The molecule has 1 saturated heterocycles. The molecule has 1 fully saturated rings. The lowest BCUT2D eigenvalue weighted by Crippen LogP contribution is -2.48. The van der Waals surface area contributed by atoms with E-state index in [9.17, 15) is 9.59 Å². The van der Waals surface area contributed by atoms with E-state index >= 15 is 0 Å². The highest BCUT2D eigenvalue weighted by Gasteiger charge is 2.29. The van der Waals surface area contributed by atoms with Crippen molar-refractivity contribution in [2.45, 2.75) is 77.0 Å². The highest BCUT2D eigenvalue weighted by molar-refractivity contribution is 7.99. The summed E-state index contributed by atoms with van der Waals surface area (Å²) in [6, 6.07) is 7.68. The van der Waals surface area contributed by atoms with Gasteiger partial charge in [-0.05, 0) is 76.3 Å². The van der Waals surface area contributed by atoms with E-state index in [0.717, 1.165) is 42.5 Å². The van der Waals surface area contributed by atoms with Crippen LogP contribution in [0.15, 0.2) is 34.2 Å². The fraction of sp³-hybridized carbons (Fsp3) is 0.480. The molecule has 0 aliphatic carbocycles. The second-order valence-electron chi connectivity index (χ2n) is 8.81. The SMILES string of the molecule is CCCc1sc2nc(SCC(=O)N3[C@H](C)CCC[C@H]3C)n(-c3ccc(Cl)cc3)c(=O)c2c1C. The number of nitrogens with zero attached hydrogens (tertiary/aromatic N) is 3. The summed E-state index contributed by atoms with van der Waals surface area (Å²) >= 11 is 9.03. The zero-order valence-corrected chi connectivity index (χ0v) is 21.9. The van der Waals surface area contributed by atoms with Crippen LogP contribution in [0.2, 0.25) is 5.02 Å². The molecular weight excluding hydrogens is 474 g/mol. The fourth-order valence-corrected chi connectivity index (χ4v) is 7.03. The van der Waals surface area contributed by atoms with Crippen molar-refractivity contribution < 1.29 is 4.79 Å². The van der Waals surface area contributed by atoms with E-state index in [4.69, 9.17) is 16.6 Å². The lowest BCUT2D eigenvalue weighted by molar-refractivity contribution is -0.134. The van der Waals surface area contributed by atoms with Crippen LogP contribution in [0.4, 0.5) is 0 Å². The van der Waals surface area contributed by atoms with Gasteiger partial charge in [0.25, 0.3) is 5.56 Å². The van der Waals surface area contributed by atoms with Crippen LogP contribution < -0.4 is 5.56 Å². The summed E-state index contributed by atoms with van der Waals surface area (Å²) in [4.78, 5) is 35.7. The van der Waals surface area contributed by atoms with Gasteiger partial charge in [0.05, 0.1) is 16.8 Å². The zero-order valence-electron chi connectivity index (χ0n) is 19.6. The number of hydrogen-bond donors (Lipinski definition) is 0. The molecule has 5 nitrogen and oxygen atoms in total. The average molecular weight is 504 g/mol. The first-order chi connectivity index (χ1) is 15.8. The minimum Gasteiger partial charge on any atom is -0.337 e. The van der Waals surface area contributed by atoms with Crippen LogP contribution in [0.1, 0.15) is 56.9 Å². The van der Waals surface area contributed by atoms with Gasteiger partial charge in [-0.25, -0.2) is 4.98 Å². The van der Waals surface area contributed by atoms with Crippen LogP contribution in [0.5, 0.6) is 0 Å². The highest BCUT2D eigenvalue weighted by atomic mass is 35.5. The number of carbonyl (C=O) groups is 1. The van der Waals surface area contributed by atoms with Gasteiger partial charge >= 0.3 is 0 Å². The standard InChI is InChI=1S/C25H30ClN3O2S2/c1-5-7-20-17(4)22-23(33-20)27-25(29(24(22)31)19-12-10-18(26)11-13-19)32-14-21(30)28-15(2)8-6-9-16(28)3/h10-13,15-16H,5-9,14H2,1-4H3/t15-,16-/m1/s1. The third-order valence-corrected chi connectivity index (χ3v) is 8.82. The lowest BCUT2D eigenvalue weighted by Gasteiger charge is -2.39. The maximum absolute atomic E-state index is 13.7. The topological polar surface area (TPSA) is 55.2 Å². The molecule has 0 N–H and O–H groups in total. The number of halogens is 1. The number of benzene rings is 1. The van der Waals surface area contributed by atoms with Gasteiger partial charge in [-0.2, -0.15) is 0 Å². The predicted octanol–water partition coefficient (Wildman–Crippen LogP) is 6.24. The molecule has 33 heavy (non-hydrogen) atoms. The number of fused-ring (bicyclic) bond motifs is 1. The minimum absolute atomic E-state index is 0.0897. The van der Waals surface area contributed by atoms with Gasteiger partial charge in [-0.1, -0.05) is 36.7 Å². The van der Waals surface area contributed by atoms with E-state index in [1.807, 2.05) is 24.0 Å². The minimum atomic E-state index is -0.0897. The number of aryl methyl sites for hydroxylation is 2. The van der Waals surface area contributed by atoms with Gasteiger partial charge in [0.1, 0.15) is 4.83 Å². The Hall–Kier alpha value is -1.83. The highest BCUT2D eigenvalue weighted by Crippen LogP contribution is 2.32. The summed E-state index contributed by atoms with van der Waals surface area (Å²) < 4.78 is 1.63. The molecule has 0 spiro atoms. The van der Waals surface area contributed by atoms with E-state index in [2.05, 4.69) is 20.8 Å². The molecule has 8 heteroatoms. The molecule has 2 atom stereocenters. The fourth-order valence-electron chi connectivity index (χ4n) is 4.70. The first-order valence-electron chi connectivity index (χ1n) is 11.6. The monoisotopic (exact) mass is 503 g/mol. The predicted molar refractivity (Wildman–Crippen MR) is 139 cm³/mol. The number of likely N-dealkylation sites (tertiary alicyclic amines) is 1. The van der Waals surface area contributed by atoms with Crippen LogP contribution in [0.3, 0.4) is 0 Å². The van der Waals surface area contributed by atoms with Crippen LogP contribution in [0.25, 0.3) is 15.9 Å². The van der Waals surface area contributed by atoms with Crippen LogP contribution >= 0.6 is 34.7 Å². The number of thiophene rings is 1. The third kappa shape index (κ3) is 4.86. The van der Waals surface area contributed by atoms with E-state index in [1.54, 1.807) is 28.0 Å². The van der Waals surface area contributed by atoms with Crippen LogP contribution in [-0.4, -0.2) is 38.2 Å². The molecule has 176 valence electrons. The smallest absolute Gasteiger partial charge is 0.267 e. The summed E-state index contributed by atoms with van der Waals surface area (Å²) in [7, 11) is 0. The van der Waals surface area contributed by atoms with Crippen molar-refractivity contribution >= 4 is 50.8 Å². The number of aromatic nitrogens is 2. The van der Waals surface area contributed by atoms with Crippen molar-refractivity contribution in [2.24, 2.45) is 0 Å². The normalized spacial score (nSPS) is 18.8. The maximum Gasteiger partial charge on any atom is 0.267 e. The Bertz CT molecular complexity index is 1210. The van der Waals surface area contributed by atoms with Crippen LogP contribution in [0, 0.1) is 6.92 Å². The molecule has 2 aromatic heterocycles. The molecule has 1 aromatic carbocycles. The van der Waals surface area contributed by atoms with Crippen molar-refractivity contribution in [1.29, 1.82) is 0 Å². The summed E-state index contributed by atoms with van der Waals surface area (Å²) in [5, 5.41) is 1.83. The quantitative estimate of drug-likeness (QED) is 0.295.